The molecule has 0 aliphatic carbocycles. The van der Waals surface area contributed by atoms with Crippen molar-refractivity contribution in [1.82, 2.24) is 10.2 Å². The summed E-state index contributed by atoms with van der Waals surface area (Å²) in [6, 6.07) is 10.7. The number of nitrogens with zero attached hydrogens (tertiary/aromatic N) is 1. The van der Waals surface area contributed by atoms with Gasteiger partial charge in [0, 0.05) is 31.0 Å². The van der Waals surface area contributed by atoms with Gasteiger partial charge in [0.1, 0.15) is 5.76 Å². The van der Waals surface area contributed by atoms with Crippen molar-refractivity contribution < 1.29 is 18.8 Å². The van der Waals surface area contributed by atoms with Crippen molar-refractivity contribution in [2.75, 3.05) is 13.1 Å². The summed E-state index contributed by atoms with van der Waals surface area (Å²) in [7, 11) is 0. The fourth-order valence-electron chi connectivity index (χ4n) is 2.51. The Bertz CT molecular complexity index is 880. The summed E-state index contributed by atoms with van der Waals surface area (Å²) in [6.07, 6.45) is 3.95. The van der Waals surface area contributed by atoms with Crippen molar-refractivity contribution in [1.29, 1.82) is 0 Å². The molecule has 1 aliphatic rings. The Kier molecular flexibility index (Phi) is 6.36. The van der Waals surface area contributed by atoms with Crippen LogP contribution in [0.5, 0.6) is 0 Å². The molecule has 27 heavy (non-hydrogen) atoms. The Balaban J connectivity index is 1.50. The standard InChI is InChI=1S/C19H17ClN2O4S/c20-15-6-2-1-4-13(15)12-16-18(24)22(19(25)27-16)10-9-21-17(23)8-7-14-5-3-11-26-14/h1-6,11-12H,7-10H2,(H,21,23)/b16-12-. The largest absolute Gasteiger partial charge is 0.469 e. The van der Waals surface area contributed by atoms with Crippen molar-refractivity contribution in [2.45, 2.75) is 12.8 Å². The van der Waals surface area contributed by atoms with E-state index in [1.807, 2.05) is 0 Å². The van der Waals surface area contributed by atoms with Gasteiger partial charge in [-0.05, 0) is 41.6 Å². The first kappa shape index (κ1) is 19.3. The van der Waals surface area contributed by atoms with E-state index in [1.165, 1.54) is 0 Å². The molecule has 1 fully saturated rings. The molecule has 3 rings (SSSR count). The van der Waals surface area contributed by atoms with E-state index in [-0.39, 0.29) is 36.6 Å². The first-order chi connectivity index (χ1) is 13.0. The van der Waals surface area contributed by atoms with Gasteiger partial charge >= 0.3 is 0 Å². The molecule has 0 atom stereocenters. The van der Waals surface area contributed by atoms with E-state index in [0.717, 1.165) is 22.4 Å². The summed E-state index contributed by atoms with van der Waals surface area (Å²) in [5.41, 5.74) is 0.677. The number of carbonyl (C=O) groups is 3. The maximum atomic E-state index is 12.4. The summed E-state index contributed by atoms with van der Waals surface area (Å²) >= 11 is 6.96. The molecule has 1 saturated heterocycles. The number of rotatable bonds is 7. The zero-order valence-corrected chi connectivity index (χ0v) is 15.9. The van der Waals surface area contributed by atoms with E-state index < -0.39 is 0 Å². The molecule has 6 nitrogen and oxygen atoms in total. The highest BCUT2D eigenvalue weighted by atomic mass is 35.5. The lowest BCUT2D eigenvalue weighted by atomic mass is 10.2. The normalized spacial score (nSPS) is 15.6. The van der Waals surface area contributed by atoms with Gasteiger partial charge in [0.25, 0.3) is 11.1 Å². The van der Waals surface area contributed by atoms with Crippen molar-refractivity contribution in [2.24, 2.45) is 0 Å². The van der Waals surface area contributed by atoms with Crippen molar-refractivity contribution in [3.05, 3.63) is 63.9 Å². The van der Waals surface area contributed by atoms with Crippen LogP contribution >= 0.6 is 23.4 Å². The van der Waals surface area contributed by atoms with Crippen molar-refractivity contribution in [3.8, 4) is 0 Å². The Hall–Kier alpha value is -2.51. The molecule has 2 aromatic rings. The van der Waals surface area contributed by atoms with Crippen LogP contribution in [0.2, 0.25) is 5.02 Å². The molecule has 1 aromatic carbocycles. The Morgan fingerprint density at radius 2 is 2.04 bits per heavy atom. The van der Waals surface area contributed by atoms with E-state index in [4.69, 9.17) is 16.0 Å². The summed E-state index contributed by atoms with van der Waals surface area (Å²) in [5.74, 6) is 0.195. The second-order valence-electron chi connectivity index (χ2n) is 5.78. The van der Waals surface area contributed by atoms with E-state index in [2.05, 4.69) is 5.32 Å². The van der Waals surface area contributed by atoms with E-state index in [0.29, 0.717) is 21.9 Å². The molecule has 0 radical (unpaired) electrons. The fraction of sp³-hybridized carbons (Fsp3) is 0.211. The maximum absolute atomic E-state index is 12.4. The highest BCUT2D eigenvalue weighted by Gasteiger charge is 2.34. The third-order valence-corrected chi connectivity index (χ3v) is 5.15. The van der Waals surface area contributed by atoms with Gasteiger partial charge in [0.05, 0.1) is 11.2 Å². The number of furan rings is 1. The third-order valence-electron chi connectivity index (χ3n) is 3.90. The quantitative estimate of drug-likeness (QED) is 0.711. The lowest BCUT2D eigenvalue weighted by Crippen LogP contribution is -2.37. The Morgan fingerprint density at radius 3 is 2.78 bits per heavy atom. The van der Waals surface area contributed by atoms with Gasteiger partial charge in [-0.3, -0.25) is 19.3 Å². The van der Waals surface area contributed by atoms with Gasteiger partial charge in [0.2, 0.25) is 5.91 Å². The van der Waals surface area contributed by atoms with E-state index in [9.17, 15) is 14.4 Å². The lowest BCUT2D eigenvalue weighted by molar-refractivity contribution is -0.124. The number of aryl methyl sites for hydroxylation is 1. The van der Waals surface area contributed by atoms with Crippen LogP contribution in [-0.2, 0) is 16.0 Å². The molecular formula is C19H17ClN2O4S. The number of carbonyl (C=O) groups excluding carboxylic acids is 3. The van der Waals surface area contributed by atoms with Gasteiger partial charge in [-0.1, -0.05) is 29.8 Å². The first-order valence-corrected chi connectivity index (χ1v) is 9.53. The third kappa shape index (κ3) is 5.02. The topological polar surface area (TPSA) is 79.6 Å². The molecule has 1 aromatic heterocycles. The fourth-order valence-corrected chi connectivity index (χ4v) is 3.56. The minimum atomic E-state index is -0.380. The predicted molar refractivity (Wildman–Crippen MR) is 104 cm³/mol. The van der Waals surface area contributed by atoms with Crippen LogP contribution in [0.3, 0.4) is 0 Å². The number of thioether (sulfide) groups is 1. The van der Waals surface area contributed by atoms with Crippen LogP contribution in [0.1, 0.15) is 17.7 Å². The molecule has 3 amide bonds. The summed E-state index contributed by atoms with van der Waals surface area (Å²) < 4.78 is 5.17. The van der Waals surface area contributed by atoms with Gasteiger partial charge in [-0.15, -0.1) is 0 Å². The molecule has 2 heterocycles. The Labute approximate surface area is 165 Å². The first-order valence-electron chi connectivity index (χ1n) is 8.33. The van der Waals surface area contributed by atoms with Crippen molar-refractivity contribution in [3.63, 3.8) is 0 Å². The number of halogens is 1. The molecule has 0 saturated carbocycles. The van der Waals surface area contributed by atoms with Crippen LogP contribution in [0.15, 0.2) is 52.0 Å². The van der Waals surface area contributed by atoms with Crippen LogP contribution in [0.4, 0.5) is 4.79 Å². The van der Waals surface area contributed by atoms with Crippen molar-refractivity contribution >= 4 is 46.5 Å². The predicted octanol–water partition coefficient (Wildman–Crippen LogP) is 3.72. The highest BCUT2D eigenvalue weighted by Crippen LogP contribution is 2.33. The van der Waals surface area contributed by atoms with Crippen LogP contribution in [0.25, 0.3) is 6.08 Å². The number of imide groups is 1. The van der Waals surface area contributed by atoms with E-state index >= 15 is 0 Å². The zero-order chi connectivity index (χ0) is 19.2. The van der Waals surface area contributed by atoms with Gasteiger partial charge in [0.15, 0.2) is 0 Å². The minimum Gasteiger partial charge on any atom is -0.469 e. The molecule has 0 spiro atoms. The van der Waals surface area contributed by atoms with Gasteiger partial charge in [-0.25, -0.2) is 0 Å². The van der Waals surface area contributed by atoms with Crippen LogP contribution in [-0.4, -0.2) is 35.0 Å². The van der Waals surface area contributed by atoms with Gasteiger partial charge < -0.3 is 9.73 Å². The molecule has 1 aliphatic heterocycles. The smallest absolute Gasteiger partial charge is 0.293 e. The average Bonchev–Trinajstić information content (AvgIpc) is 3.25. The Morgan fingerprint density at radius 1 is 1.22 bits per heavy atom. The van der Waals surface area contributed by atoms with Gasteiger partial charge in [-0.2, -0.15) is 0 Å². The summed E-state index contributed by atoms with van der Waals surface area (Å²) in [4.78, 5) is 37.8. The highest BCUT2D eigenvalue weighted by molar-refractivity contribution is 8.18. The van der Waals surface area contributed by atoms with E-state index in [1.54, 1.807) is 48.7 Å². The molecule has 140 valence electrons. The number of hydrogen-bond donors (Lipinski definition) is 1. The summed E-state index contributed by atoms with van der Waals surface area (Å²) in [6.45, 7) is 0.325. The average molecular weight is 405 g/mol. The number of hydrogen-bond acceptors (Lipinski definition) is 5. The molecule has 8 heteroatoms. The minimum absolute atomic E-state index is 0.122. The van der Waals surface area contributed by atoms with Crippen LogP contribution < -0.4 is 5.32 Å². The zero-order valence-electron chi connectivity index (χ0n) is 14.3. The lowest BCUT2D eigenvalue weighted by Gasteiger charge is -2.12. The number of nitrogens with one attached hydrogen (secondary N) is 1. The molecule has 1 N–H and O–H groups in total. The second kappa shape index (κ2) is 8.92. The maximum Gasteiger partial charge on any atom is 0.293 e. The molecular weight excluding hydrogens is 388 g/mol. The van der Waals surface area contributed by atoms with Crippen LogP contribution in [0, 0.1) is 0 Å². The number of benzene rings is 1. The number of amides is 3. The monoisotopic (exact) mass is 404 g/mol. The SMILES string of the molecule is O=C(CCc1ccco1)NCCN1C(=O)S/C(=C\c2ccccc2Cl)C1=O. The second-order valence-corrected chi connectivity index (χ2v) is 7.18. The molecule has 0 bridgehead atoms. The summed E-state index contributed by atoms with van der Waals surface area (Å²) in [5, 5.41) is 2.86. The molecule has 0 unspecified atom stereocenters.